The lowest BCUT2D eigenvalue weighted by atomic mass is 10.0. The van der Waals surface area contributed by atoms with Gasteiger partial charge in [0.25, 0.3) is 5.91 Å². The molecule has 12 heteroatoms. The number of aromatic nitrogens is 2. The van der Waals surface area contributed by atoms with Gasteiger partial charge in [-0.3, -0.25) is 4.79 Å². The summed E-state index contributed by atoms with van der Waals surface area (Å²) in [6.45, 7) is 1.91. The molecular weight excluding hydrogens is 391 g/mol. The van der Waals surface area contributed by atoms with Gasteiger partial charge < -0.3 is 14.3 Å². The highest BCUT2D eigenvalue weighted by atomic mass is 19.4. The minimum Gasteiger partial charge on any atom is -0.396 e. The fraction of sp³-hybridized carbons (Fsp3) is 0.375. The first kappa shape index (κ1) is 19.7. The zero-order chi connectivity index (χ0) is 20.5. The molecule has 3 rings (SSSR count). The average molecular weight is 404 g/mol. The summed E-state index contributed by atoms with van der Waals surface area (Å²) in [7, 11) is 0. The Bertz CT molecular complexity index is 884. The summed E-state index contributed by atoms with van der Waals surface area (Å²) in [6, 6.07) is 4.01. The van der Waals surface area contributed by atoms with Gasteiger partial charge in [0.05, 0.1) is 18.8 Å². The van der Waals surface area contributed by atoms with Crippen molar-refractivity contribution in [2.75, 3.05) is 19.7 Å². The summed E-state index contributed by atoms with van der Waals surface area (Å²) in [5.41, 5.74) is -0.115. The molecule has 1 aliphatic rings. The van der Waals surface area contributed by atoms with Crippen LogP contribution >= 0.6 is 0 Å². The molecule has 1 amide bonds. The number of halogens is 5. The molecule has 150 valence electrons. The number of carbonyl (C=O) groups is 1. The molecule has 7 nitrogen and oxygen atoms in total. The van der Waals surface area contributed by atoms with Crippen LogP contribution in [0.4, 0.5) is 22.0 Å². The van der Waals surface area contributed by atoms with Crippen LogP contribution in [0.3, 0.4) is 0 Å². The van der Waals surface area contributed by atoms with Crippen LogP contribution in [0.25, 0.3) is 11.4 Å². The molecule has 0 radical (unpaired) electrons. The van der Waals surface area contributed by atoms with Crippen molar-refractivity contribution in [2.24, 2.45) is 5.16 Å². The zero-order valence-electron chi connectivity index (χ0n) is 14.3. The van der Waals surface area contributed by atoms with E-state index >= 15 is 0 Å². The van der Waals surface area contributed by atoms with Crippen molar-refractivity contribution in [2.45, 2.75) is 19.0 Å². The number of benzene rings is 1. The van der Waals surface area contributed by atoms with Gasteiger partial charge in [0.2, 0.25) is 5.82 Å². The maximum Gasteiger partial charge on any atom is 0.471 e. The van der Waals surface area contributed by atoms with E-state index in [-0.39, 0.29) is 18.7 Å². The Morgan fingerprint density at radius 1 is 1.21 bits per heavy atom. The molecular formula is C16H13F5N4O3. The van der Waals surface area contributed by atoms with Gasteiger partial charge >= 0.3 is 18.0 Å². The summed E-state index contributed by atoms with van der Waals surface area (Å²) in [4.78, 5) is 20.9. The predicted molar refractivity (Wildman–Crippen MR) is 84.3 cm³/mol. The average Bonchev–Trinajstić information content (AvgIpc) is 3.11. The molecule has 0 spiro atoms. The van der Waals surface area contributed by atoms with Crippen molar-refractivity contribution in [3.63, 3.8) is 0 Å². The lowest BCUT2D eigenvalue weighted by Crippen LogP contribution is -2.55. The minimum atomic E-state index is -4.81. The number of nitrogens with zero attached hydrogens (tertiary/aromatic N) is 4. The number of rotatable bonds is 5. The monoisotopic (exact) mass is 404 g/mol. The van der Waals surface area contributed by atoms with Gasteiger partial charge in [-0.2, -0.15) is 26.9 Å². The lowest BCUT2D eigenvalue weighted by molar-refractivity contribution is -0.159. The fourth-order valence-corrected chi connectivity index (χ4v) is 2.36. The second kappa shape index (κ2) is 7.17. The first-order valence-electron chi connectivity index (χ1n) is 7.99. The second-order valence-corrected chi connectivity index (χ2v) is 5.81. The Hall–Kier alpha value is -3.05. The summed E-state index contributed by atoms with van der Waals surface area (Å²) >= 11 is 0. The van der Waals surface area contributed by atoms with E-state index in [4.69, 9.17) is 4.84 Å². The van der Waals surface area contributed by atoms with Gasteiger partial charge in [0.15, 0.2) is 0 Å². The van der Waals surface area contributed by atoms with E-state index in [1.807, 2.05) is 0 Å². The zero-order valence-corrected chi connectivity index (χ0v) is 14.3. The van der Waals surface area contributed by atoms with E-state index in [9.17, 15) is 26.7 Å². The van der Waals surface area contributed by atoms with E-state index in [1.54, 1.807) is 6.92 Å². The standard InChI is InChI=1S/C16H13F5N4O3/c1-2-27-23-11-7-25(8-11)14(26)15(17,18)10-5-3-9(4-6-10)12-22-13(28-24-12)16(19,20)21/h3-6H,2,7-8H2,1H3. The number of likely N-dealkylation sites (tertiary alicyclic amines) is 1. The van der Waals surface area contributed by atoms with Gasteiger partial charge in [-0.05, 0) is 6.92 Å². The van der Waals surface area contributed by atoms with Gasteiger partial charge in [-0.1, -0.05) is 34.6 Å². The minimum absolute atomic E-state index is 0.0290. The Morgan fingerprint density at radius 2 is 1.86 bits per heavy atom. The third-order valence-corrected chi connectivity index (χ3v) is 3.80. The van der Waals surface area contributed by atoms with Crippen LogP contribution in [0.2, 0.25) is 0 Å². The number of hydrogen-bond acceptors (Lipinski definition) is 6. The fourth-order valence-electron chi connectivity index (χ4n) is 2.36. The van der Waals surface area contributed by atoms with E-state index < -0.39 is 35.3 Å². The molecule has 1 aromatic carbocycles. The van der Waals surface area contributed by atoms with Crippen LogP contribution in [0.15, 0.2) is 33.9 Å². The molecule has 0 bridgehead atoms. The van der Waals surface area contributed by atoms with Crippen LogP contribution in [-0.2, 0) is 21.7 Å². The molecule has 28 heavy (non-hydrogen) atoms. The molecule has 2 heterocycles. The maximum absolute atomic E-state index is 14.4. The normalized spacial score (nSPS) is 14.6. The summed E-state index contributed by atoms with van der Waals surface area (Å²) in [5.74, 6) is -7.18. The number of hydrogen-bond donors (Lipinski definition) is 0. The molecule has 0 saturated carbocycles. The van der Waals surface area contributed by atoms with Crippen molar-refractivity contribution in [1.29, 1.82) is 0 Å². The van der Waals surface area contributed by atoms with E-state index in [0.29, 0.717) is 12.3 Å². The van der Waals surface area contributed by atoms with Crippen molar-refractivity contribution >= 4 is 11.6 Å². The first-order chi connectivity index (χ1) is 13.1. The molecule has 0 N–H and O–H groups in total. The van der Waals surface area contributed by atoms with E-state index in [0.717, 1.165) is 29.2 Å². The van der Waals surface area contributed by atoms with Crippen molar-refractivity contribution in [3.8, 4) is 11.4 Å². The highest BCUT2D eigenvalue weighted by Crippen LogP contribution is 2.33. The molecule has 0 atom stereocenters. The second-order valence-electron chi connectivity index (χ2n) is 5.81. The van der Waals surface area contributed by atoms with Crippen LogP contribution < -0.4 is 0 Å². The molecule has 1 aromatic heterocycles. The van der Waals surface area contributed by atoms with Crippen molar-refractivity contribution < 1.29 is 36.1 Å². The maximum atomic E-state index is 14.4. The summed E-state index contributed by atoms with van der Waals surface area (Å²) in [6.07, 6.45) is -4.81. The smallest absolute Gasteiger partial charge is 0.396 e. The SMILES string of the molecule is CCON=C1CN(C(=O)C(F)(F)c2ccc(-c3noc(C(F)(F)F)n3)cc2)C1. The largest absolute Gasteiger partial charge is 0.471 e. The molecule has 0 aliphatic carbocycles. The van der Waals surface area contributed by atoms with Crippen LogP contribution in [0.5, 0.6) is 0 Å². The number of amides is 1. The van der Waals surface area contributed by atoms with Crippen molar-refractivity contribution in [1.82, 2.24) is 15.0 Å². The molecule has 1 aliphatic heterocycles. The third kappa shape index (κ3) is 3.80. The molecule has 1 fully saturated rings. The molecule has 1 saturated heterocycles. The van der Waals surface area contributed by atoms with Gasteiger partial charge in [0, 0.05) is 11.1 Å². The molecule has 2 aromatic rings. The summed E-state index contributed by atoms with van der Waals surface area (Å²) < 4.78 is 70.4. The Labute approximate surface area is 154 Å². The Kier molecular flexibility index (Phi) is 5.04. The third-order valence-electron chi connectivity index (χ3n) is 3.80. The van der Waals surface area contributed by atoms with E-state index in [1.165, 1.54) is 0 Å². The van der Waals surface area contributed by atoms with Gasteiger partial charge in [0.1, 0.15) is 6.61 Å². The van der Waals surface area contributed by atoms with E-state index in [2.05, 4.69) is 19.8 Å². The van der Waals surface area contributed by atoms with Gasteiger partial charge in [-0.15, -0.1) is 0 Å². The predicted octanol–water partition coefficient (Wildman–Crippen LogP) is 3.08. The topological polar surface area (TPSA) is 80.8 Å². The quantitative estimate of drug-likeness (QED) is 0.565. The van der Waals surface area contributed by atoms with Gasteiger partial charge in [-0.25, -0.2) is 0 Å². The first-order valence-corrected chi connectivity index (χ1v) is 7.99. The lowest BCUT2D eigenvalue weighted by Gasteiger charge is -2.34. The molecule has 0 unspecified atom stereocenters. The highest BCUT2D eigenvalue weighted by Gasteiger charge is 2.47. The van der Waals surface area contributed by atoms with Crippen LogP contribution in [-0.4, -0.2) is 46.4 Å². The Balaban J connectivity index is 1.72. The van der Waals surface area contributed by atoms with Crippen LogP contribution in [0, 0.1) is 0 Å². The highest BCUT2D eigenvalue weighted by molar-refractivity contribution is 6.01. The Morgan fingerprint density at radius 3 is 2.39 bits per heavy atom. The summed E-state index contributed by atoms with van der Waals surface area (Å²) in [5, 5.41) is 6.84. The number of carbonyl (C=O) groups excluding carboxylic acids is 1. The van der Waals surface area contributed by atoms with Crippen molar-refractivity contribution in [3.05, 3.63) is 35.7 Å². The number of alkyl halides is 5. The van der Waals surface area contributed by atoms with Crippen LogP contribution in [0.1, 0.15) is 18.4 Å². The number of oxime groups is 1.